The summed E-state index contributed by atoms with van der Waals surface area (Å²) in [5.41, 5.74) is 2.01. The van der Waals surface area contributed by atoms with E-state index in [0.29, 0.717) is 24.6 Å². The summed E-state index contributed by atoms with van der Waals surface area (Å²) in [6.07, 6.45) is 5.66. The first-order valence-electron chi connectivity index (χ1n) is 9.59. The number of aryl methyl sites for hydroxylation is 1. The van der Waals surface area contributed by atoms with Gasteiger partial charge in [-0.3, -0.25) is 14.7 Å². The van der Waals surface area contributed by atoms with Gasteiger partial charge in [0.25, 0.3) is 5.56 Å². The topological polar surface area (TPSA) is 67.6 Å². The number of hydrogen-bond donors (Lipinski definition) is 1. The summed E-state index contributed by atoms with van der Waals surface area (Å²) >= 11 is 0. The first kappa shape index (κ1) is 19.6. The number of aromatic nitrogens is 2. The fraction of sp³-hybridized carbons (Fsp3) is 0.524. The van der Waals surface area contributed by atoms with Crippen LogP contribution < -0.4 is 5.56 Å². The highest BCUT2D eigenvalue weighted by atomic mass is 16.5. The maximum absolute atomic E-state index is 13.3. The molecule has 6 heteroatoms. The Hall–Kier alpha value is -2.18. The Labute approximate surface area is 160 Å². The lowest BCUT2D eigenvalue weighted by Crippen LogP contribution is -2.40. The van der Waals surface area contributed by atoms with Crippen LogP contribution in [0.5, 0.6) is 5.75 Å². The van der Waals surface area contributed by atoms with Gasteiger partial charge in [-0.1, -0.05) is 6.92 Å². The van der Waals surface area contributed by atoms with E-state index in [9.17, 15) is 9.90 Å². The summed E-state index contributed by atoms with van der Waals surface area (Å²) < 4.78 is 6.85. The second-order valence-electron chi connectivity index (χ2n) is 7.44. The van der Waals surface area contributed by atoms with Crippen LogP contribution >= 0.6 is 0 Å². The van der Waals surface area contributed by atoms with Crippen LogP contribution in [0.25, 0.3) is 0 Å². The molecule has 0 bridgehead atoms. The molecule has 0 spiro atoms. The van der Waals surface area contributed by atoms with E-state index in [4.69, 9.17) is 4.74 Å². The van der Waals surface area contributed by atoms with Gasteiger partial charge in [0.05, 0.1) is 18.2 Å². The number of pyridine rings is 2. The molecule has 1 atom stereocenters. The first-order chi connectivity index (χ1) is 13.0. The quantitative estimate of drug-likeness (QED) is 0.846. The van der Waals surface area contributed by atoms with Gasteiger partial charge < -0.3 is 14.4 Å². The molecule has 27 heavy (non-hydrogen) atoms. The molecule has 0 unspecified atom stereocenters. The Kier molecular flexibility index (Phi) is 6.29. The lowest BCUT2D eigenvalue weighted by atomic mass is 9.92. The predicted octanol–water partition coefficient (Wildman–Crippen LogP) is 2.73. The van der Waals surface area contributed by atoms with E-state index in [0.717, 1.165) is 37.2 Å². The van der Waals surface area contributed by atoms with Crippen molar-refractivity contribution in [1.29, 1.82) is 0 Å². The van der Waals surface area contributed by atoms with Crippen molar-refractivity contribution in [2.75, 3.05) is 26.8 Å². The molecule has 1 aliphatic rings. The molecular weight excluding hydrogens is 342 g/mol. The van der Waals surface area contributed by atoms with Gasteiger partial charge in [0.2, 0.25) is 0 Å². The number of methoxy groups -OCH3 is 1. The maximum atomic E-state index is 13.3. The minimum atomic E-state index is -0.276. The molecule has 0 amide bonds. The zero-order valence-electron chi connectivity index (χ0n) is 16.4. The van der Waals surface area contributed by atoms with Crippen LogP contribution in [0.3, 0.4) is 0 Å². The van der Waals surface area contributed by atoms with Crippen molar-refractivity contribution in [3.63, 3.8) is 0 Å². The monoisotopic (exact) mass is 371 g/mol. The average Bonchev–Trinajstić information content (AvgIpc) is 2.66. The number of likely N-dealkylation sites (tertiary alicyclic amines) is 1. The van der Waals surface area contributed by atoms with Crippen LogP contribution in [0.15, 0.2) is 35.4 Å². The molecule has 3 rings (SSSR count). The lowest BCUT2D eigenvalue weighted by molar-refractivity contribution is 0.154. The Morgan fingerprint density at radius 2 is 1.96 bits per heavy atom. The number of piperidine rings is 1. The van der Waals surface area contributed by atoms with E-state index in [1.807, 2.05) is 19.1 Å². The Balaban J connectivity index is 2.11. The number of nitrogens with zero attached hydrogens (tertiary/aromatic N) is 3. The normalized spacial score (nSPS) is 17.1. The molecule has 0 radical (unpaired) electrons. The first-order valence-corrected chi connectivity index (χ1v) is 9.59. The van der Waals surface area contributed by atoms with E-state index in [2.05, 4.69) is 16.8 Å². The Bertz CT molecular complexity index is 811. The average molecular weight is 371 g/mol. The smallest absolute Gasteiger partial charge is 0.259 e. The SMILES string of the molecule is COCCn1c(C)cc(O)c([C@H](c2ccncc2)N2CCC(C)CC2)c1=O. The van der Waals surface area contributed by atoms with Gasteiger partial charge in [-0.2, -0.15) is 0 Å². The second-order valence-corrected chi connectivity index (χ2v) is 7.44. The van der Waals surface area contributed by atoms with Gasteiger partial charge in [-0.25, -0.2) is 0 Å². The summed E-state index contributed by atoms with van der Waals surface area (Å²) in [7, 11) is 1.62. The predicted molar refractivity (Wildman–Crippen MR) is 105 cm³/mol. The zero-order chi connectivity index (χ0) is 19.4. The van der Waals surface area contributed by atoms with Crippen LogP contribution in [0.1, 0.15) is 42.6 Å². The molecule has 1 aliphatic heterocycles. The zero-order valence-corrected chi connectivity index (χ0v) is 16.4. The van der Waals surface area contributed by atoms with Gasteiger partial charge in [0, 0.05) is 31.7 Å². The van der Waals surface area contributed by atoms with E-state index in [-0.39, 0.29) is 17.4 Å². The highest BCUT2D eigenvalue weighted by molar-refractivity contribution is 5.40. The van der Waals surface area contributed by atoms with Crippen LogP contribution in [0.2, 0.25) is 0 Å². The van der Waals surface area contributed by atoms with Crippen LogP contribution in [-0.2, 0) is 11.3 Å². The molecule has 3 heterocycles. The summed E-state index contributed by atoms with van der Waals surface area (Å²) in [6, 6.07) is 5.28. The largest absolute Gasteiger partial charge is 0.507 e. The van der Waals surface area contributed by atoms with Gasteiger partial charge in [-0.05, 0) is 62.5 Å². The maximum Gasteiger partial charge on any atom is 0.259 e. The minimum Gasteiger partial charge on any atom is -0.507 e. The third kappa shape index (κ3) is 4.22. The second kappa shape index (κ2) is 8.67. The fourth-order valence-corrected chi connectivity index (χ4v) is 3.88. The minimum absolute atomic E-state index is 0.0617. The summed E-state index contributed by atoms with van der Waals surface area (Å²) in [6.45, 7) is 6.82. The van der Waals surface area contributed by atoms with Crippen molar-refractivity contribution in [3.8, 4) is 5.75 Å². The van der Waals surface area contributed by atoms with E-state index in [1.54, 1.807) is 30.1 Å². The molecule has 1 N–H and O–H groups in total. The van der Waals surface area contributed by atoms with E-state index in [1.165, 1.54) is 0 Å². The number of aromatic hydroxyl groups is 1. The number of ether oxygens (including phenoxy) is 1. The summed E-state index contributed by atoms with van der Waals surface area (Å²) in [5, 5.41) is 10.7. The standard InChI is InChI=1S/C21H29N3O3/c1-15-6-10-23(11-7-15)20(17-4-8-22-9-5-17)19-18(25)14-16(2)24(21(19)26)12-13-27-3/h4-5,8-9,14-15,20,25H,6-7,10-13H2,1-3H3/t20-/m0/s1. The van der Waals surface area contributed by atoms with Crippen LogP contribution in [-0.4, -0.2) is 46.4 Å². The molecular formula is C21H29N3O3. The van der Waals surface area contributed by atoms with Crippen molar-refractivity contribution in [2.45, 2.75) is 39.3 Å². The number of rotatable bonds is 6. The molecule has 0 aliphatic carbocycles. The van der Waals surface area contributed by atoms with Crippen molar-refractivity contribution in [1.82, 2.24) is 14.5 Å². The highest BCUT2D eigenvalue weighted by Crippen LogP contribution is 2.34. The molecule has 2 aromatic rings. The van der Waals surface area contributed by atoms with Crippen LogP contribution in [0.4, 0.5) is 0 Å². The molecule has 1 saturated heterocycles. The van der Waals surface area contributed by atoms with E-state index < -0.39 is 0 Å². The summed E-state index contributed by atoms with van der Waals surface area (Å²) in [5.74, 6) is 0.746. The lowest BCUT2D eigenvalue weighted by Gasteiger charge is -2.37. The third-order valence-corrected chi connectivity index (χ3v) is 5.52. The molecule has 1 fully saturated rings. The van der Waals surface area contributed by atoms with Crippen molar-refractivity contribution >= 4 is 0 Å². The number of hydrogen-bond acceptors (Lipinski definition) is 5. The highest BCUT2D eigenvalue weighted by Gasteiger charge is 2.31. The molecule has 6 nitrogen and oxygen atoms in total. The summed E-state index contributed by atoms with van der Waals surface area (Å²) in [4.78, 5) is 19.8. The van der Waals surface area contributed by atoms with Crippen LogP contribution in [0, 0.1) is 12.8 Å². The van der Waals surface area contributed by atoms with Crippen molar-refractivity contribution < 1.29 is 9.84 Å². The van der Waals surface area contributed by atoms with Crippen molar-refractivity contribution in [3.05, 3.63) is 57.8 Å². The van der Waals surface area contributed by atoms with Crippen molar-refractivity contribution in [2.24, 2.45) is 5.92 Å². The van der Waals surface area contributed by atoms with Gasteiger partial charge in [0.1, 0.15) is 5.75 Å². The molecule has 2 aromatic heterocycles. The third-order valence-electron chi connectivity index (χ3n) is 5.52. The molecule has 0 saturated carbocycles. The van der Waals surface area contributed by atoms with Gasteiger partial charge >= 0.3 is 0 Å². The Morgan fingerprint density at radius 3 is 2.59 bits per heavy atom. The molecule has 0 aromatic carbocycles. The molecule has 146 valence electrons. The van der Waals surface area contributed by atoms with Gasteiger partial charge in [-0.15, -0.1) is 0 Å². The van der Waals surface area contributed by atoms with E-state index >= 15 is 0 Å². The van der Waals surface area contributed by atoms with Gasteiger partial charge in [0.15, 0.2) is 0 Å². The fourth-order valence-electron chi connectivity index (χ4n) is 3.88. The Morgan fingerprint density at radius 1 is 1.30 bits per heavy atom.